The number of amides is 1. The summed E-state index contributed by atoms with van der Waals surface area (Å²) in [5, 5.41) is 2.79. The van der Waals surface area contributed by atoms with Crippen LogP contribution in [0.15, 0.2) is 45.3 Å². The van der Waals surface area contributed by atoms with Crippen LogP contribution in [-0.4, -0.2) is 19.6 Å². The van der Waals surface area contributed by atoms with Gasteiger partial charge in [0.05, 0.1) is 21.7 Å². The largest absolute Gasteiger partial charge is 0.495 e. The Bertz CT molecular complexity index is 669. The van der Waals surface area contributed by atoms with Crippen molar-refractivity contribution in [1.29, 1.82) is 0 Å². The fraction of sp³-hybridized carbons (Fsp3) is 0.188. The lowest BCUT2D eigenvalue weighted by atomic mass is 10.2. The molecule has 1 N–H and O–H groups in total. The molecule has 0 radical (unpaired) electrons. The zero-order valence-corrected chi connectivity index (χ0v) is 15.3. The van der Waals surface area contributed by atoms with Crippen molar-refractivity contribution in [3.8, 4) is 11.5 Å². The summed E-state index contributed by atoms with van der Waals surface area (Å²) in [5.74, 6) is 0.946. The molecule has 1 amide bonds. The minimum Gasteiger partial charge on any atom is -0.495 e. The van der Waals surface area contributed by atoms with E-state index in [1.165, 1.54) is 0 Å². The average molecular weight is 429 g/mol. The van der Waals surface area contributed by atoms with Crippen molar-refractivity contribution in [2.75, 3.05) is 19.0 Å². The van der Waals surface area contributed by atoms with Gasteiger partial charge in [0.2, 0.25) is 0 Å². The molecule has 0 unspecified atom stereocenters. The van der Waals surface area contributed by atoms with Crippen LogP contribution >= 0.6 is 31.9 Å². The van der Waals surface area contributed by atoms with Crippen LogP contribution in [0, 0.1) is 6.92 Å². The number of carbonyl (C=O) groups is 1. The van der Waals surface area contributed by atoms with Crippen LogP contribution in [0.25, 0.3) is 0 Å². The molecule has 0 spiro atoms. The second kappa shape index (κ2) is 7.65. The van der Waals surface area contributed by atoms with Crippen LogP contribution in [0.4, 0.5) is 5.69 Å². The molecule has 22 heavy (non-hydrogen) atoms. The van der Waals surface area contributed by atoms with Gasteiger partial charge < -0.3 is 14.8 Å². The smallest absolute Gasteiger partial charge is 0.262 e. The predicted molar refractivity (Wildman–Crippen MR) is 93.7 cm³/mol. The first-order chi connectivity index (χ1) is 10.5. The van der Waals surface area contributed by atoms with Gasteiger partial charge in [-0.05, 0) is 68.6 Å². The highest BCUT2D eigenvalue weighted by Gasteiger charge is 2.11. The summed E-state index contributed by atoms with van der Waals surface area (Å²) in [6, 6.07) is 11.2. The second-order valence-electron chi connectivity index (χ2n) is 4.59. The normalized spacial score (nSPS) is 10.2. The van der Waals surface area contributed by atoms with E-state index >= 15 is 0 Å². The summed E-state index contributed by atoms with van der Waals surface area (Å²) >= 11 is 6.78. The van der Waals surface area contributed by atoms with Crippen molar-refractivity contribution in [2.45, 2.75) is 6.92 Å². The maximum Gasteiger partial charge on any atom is 0.262 e. The Morgan fingerprint density at radius 1 is 1.18 bits per heavy atom. The topological polar surface area (TPSA) is 47.6 Å². The molecule has 6 heteroatoms. The first-order valence-corrected chi connectivity index (χ1v) is 8.11. The third-order valence-corrected chi connectivity index (χ3v) is 4.14. The fourth-order valence-electron chi connectivity index (χ4n) is 1.86. The van der Waals surface area contributed by atoms with Gasteiger partial charge in [-0.2, -0.15) is 0 Å². The molecule has 0 fully saturated rings. The quantitative estimate of drug-likeness (QED) is 0.759. The molecular weight excluding hydrogens is 414 g/mol. The second-order valence-corrected chi connectivity index (χ2v) is 6.30. The van der Waals surface area contributed by atoms with E-state index in [1.807, 2.05) is 43.3 Å². The predicted octanol–water partition coefficient (Wildman–Crippen LogP) is 4.55. The Kier molecular flexibility index (Phi) is 5.85. The molecule has 0 aliphatic heterocycles. The SMILES string of the molecule is COc1ccc(C)cc1NC(=O)COc1c(Br)cccc1Br. The molecule has 0 aliphatic rings. The zero-order chi connectivity index (χ0) is 16.1. The van der Waals surface area contributed by atoms with E-state index in [0.29, 0.717) is 17.2 Å². The maximum atomic E-state index is 12.1. The number of carbonyl (C=O) groups excluding carboxylic acids is 1. The lowest BCUT2D eigenvalue weighted by Gasteiger charge is -2.13. The molecule has 4 nitrogen and oxygen atoms in total. The summed E-state index contributed by atoms with van der Waals surface area (Å²) in [5.41, 5.74) is 1.66. The lowest BCUT2D eigenvalue weighted by molar-refractivity contribution is -0.118. The Balaban J connectivity index is 2.03. The molecule has 0 atom stereocenters. The molecule has 0 bridgehead atoms. The molecule has 116 valence electrons. The van der Waals surface area contributed by atoms with E-state index in [4.69, 9.17) is 9.47 Å². The van der Waals surface area contributed by atoms with Crippen molar-refractivity contribution in [2.24, 2.45) is 0 Å². The Hall–Kier alpha value is -1.53. The van der Waals surface area contributed by atoms with Gasteiger partial charge in [0.25, 0.3) is 5.91 Å². The first-order valence-electron chi connectivity index (χ1n) is 6.52. The van der Waals surface area contributed by atoms with Gasteiger partial charge in [-0.1, -0.05) is 12.1 Å². The van der Waals surface area contributed by atoms with Crippen LogP contribution in [0.1, 0.15) is 5.56 Å². The number of benzene rings is 2. The molecule has 0 heterocycles. The molecule has 0 aliphatic carbocycles. The average Bonchev–Trinajstić information content (AvgIpc) is 2.47. The van der Waals surface area contributed by atoms with Gasteiger partial charge in [0.1, 0.15) is 11.5 Å². The zero-order valence-electron chi connectivity index (χ0n) is 12.2. The van der Waals surface area contributed by atoms with E-state index in [2.05, 4.69) is 37.2 Å². The van der Waals surface area contributed by atoms with Crippen LogP contribution in [0.3, 0.4) is 0 Å². The lowest BCUT2D eigenvalue weighted by Crippen LogP contribution is -2.20. The van der Waals surface area contributed by atoms with Gasteiger partial charge in [-0.15, -0.1) is 0 Å². The van der Waals surface area contributed by atoms with E-state index in [-0.39, 0.29) is 12.5 Å². The monoisotopic (exact) mass is 427 g/mol. The van der Waals surface area contributed by atoms with Crippen LogP contribution in [0.5, 0.6) is 11.5 Å². The van der Waals surface area contributed by atoms with Gasteiger partial charge in [-0.25, -0.2) is 0 Å². The number of ether oxygens (including phenoxy) is 2. The van der Waals surface area contributed by atoms with Crippen molar-refractivity contribution in [3.63, 3.8) is 0 Å². The third-order valence-electron chi connectivity index (χ3n) is 2.90. The van der Waals surface area contributed by atoms with Gasteiger partial charge >= 0.3 is 0 Å². The molecule has 2 aromatic rings. The fourth-order valence-corrected chi connectivity index (χ4v) is 3.09. The van der Waals surface area contributed by atoms with Crippen LogP contribution in [-0.2, 0) is 4.79 Å². The van der Waals surface area contributed by atoms with E-state index < -0.39 is 0 Å². The van der Waals surface area contributed by atoms with Crippen molar-refractivity contribution < 1.29 is 14.3 Å². The van der Waals surface area contributed by atoms with Crippen molar-refractivity contribution in [3.05, 3.63) is 50.9 Å². The summed E-state index contributed by atoms with van der Waals surface area (Å²) in [7, 11) is 1.56. The van der Waals surface area contributed by atoms with E-state index in [0.717, 1.165) is 14.5 Å². The highest BCUT2D eigenvalue weighted by atomic mass is 79.9. The van der Waals surface area contributed by atoms with E-state index in [1.54, 1.807) is 7.11 Å². The molecule has 2 rings (SSSR count). The number of anilines is 1. The van der Waals surface area contributed by atoms with Gasteiger partial charge in [0.15, 0.2) is 6.61 Å². The maximum absolute atomic E-state index is 12.1. The molecule has 0 saturated carbocycles. The number of halogens is 2. The Morgan fingerprint density at radius 2 is 1.86 bits per heavy atom. The van der Waals surface area contributed by atoms with Crippen LogP contribution in [0.2, 0.25) is 0 Å². The minimum absolute atomic E-state index is 0.0989. The van der Waals surface area contributed by atoms with Gasteiger partial charge in [0, 0.05) is 0 Å². The minimum atomic E-state index is -0.258. The Labute approximate surface area is 146 Å². The van der Waals surface area contributed by atoms with Crippen LogP contribution < -0.4 is 14.8 Å². The third kappa shape index (κ3) is 4.24. The van der Waals surface area contributed by atoms with Gasteiger partial charge in [-0.3, -0.25) is 4.79 Å². The first kappa shape index (κ1) is 16.8. The standard InChI is InChI=1S/C16H15Br2NO3/c1-10-6-7-14(21-2)13(8-10)19-15(20)9-22-16-11(17)4-3-5-12(16)18/h3-8H,9H2,1-2H3,(H,19,20). The summed E-state index contributed by atoms with van der Waals surface area (Å²) in [6.07, 6.45) is 0. The molecule has 0 saturated heterocycles. The number of nitrogens with one attached hydrogen (secondary N) is 1. The highest BCUT2D eigenvalue weighted by molar-refractivity contribution is 9.11. The summed E-state index contributed by atoms with van der Waals surface area (Å²) in [6.45, 7) is 1.85. The number of methoxy groups -OCH3 is 1. The number of hydrogen-bond acceptors (Lipinski definition) is 3. The number of aryl methyl sites for hydroxylation is 1. The Morgan fingerprint density at radius 3 is 2.50 bits per heavy atom. The number of para-hydroxylation sites is 1. The number of rotatable bonds is 5. The molecular formula is C16H15Br2NO3. The number of hydrogen-bond donors (Lipinski definition) is 1. The molecule has 0 aromatic heterocycles. The summed E-state index contributed by atoms with van der Waals surface area (Å²) < 4.78 is 12.4. The molecule has 2 aromatic carbocycles. The highest BCUT2D eigenvalue weighted by Crippen LogP contribution is 2.33. The summed E-state index contributed by atoms with van der Waals surface area (Å²) in [4.78, 5) is 12.1. The van der Waals surface area contributed by atoms with E-state index in [9.17, 15) is 4.79 Å². The van der Waals surface area contributed by atoms with Crippen molar-refractivity contribution >= 4 is 43.5 Å². The van der Waals surface area contributed by atoms with Crippen molar-refractivity contribution in [1.82, 2.24) is 0 Å².